The molecule has 0 heterocycles. The minimum absolute atomic E-state index is 0.162. The number of nitrogens with one attached hydrogen (secondary N) is 1. The van der Waals surface area contributed by atoms with Gasteiger partial charge in [0.2, 0.25) is 0 Å². The fourth-order valence-electron chi connectivity index (χ4n) is 0.888. The largest absolute Gasteiger partial charge is 0.444 e. The highest BCUT2D eigenvalue weighted by atomic mass is 35.5. The number of hydrogen-bond donors (Lipinski definition) is 1. The van der Waals surface area contributed by atoms with E-state index >= 15 is 0 Å². The quantitative estimate of drug-likeness (QED) is 0.586. The lowest BCUT2D eigenvalue weighted by Crippen LogP contribution is -2.33. The zero-order valence-corrected chi connectivity index (χ0v) is 10.1. The topological polar surface area (TPSA) is 38.3 Å². The van der Waals surface area contributed by atoms with Crippen molar-refractivity contribution in [2.45, 2.75) is 51.5 Å². The Kier molecular flexibility index (Phi) is 5.93. The SMILES string of the molecule is CC(Cl)CCCNC(=O)OC(C)(C)C. The molecule has 0 aliphatic rings. The molecule has 0 saturated heterocycles. The molecule has 0 fully saturated rings. The average Bonchev–Trinajstić information content (AvgIpc) is 1.94. The molecule has 4 heteroatoms. The first-order chi connectivity index (χ1) is 6.31. The Morgan fingerprint density at radius 2 is 2.07 bits per heavy atom. The van der Waals surface area contributed by atoms with Gasteiger partial charge in [0.25, 0.3) is 0 Å². The van der Waals surface area contributed by atoms with Gasteiger partial charge < -0.3 is 10.1 Å². The van der Waals surface area contributed by atoms with E-state index in [1.807, 2.05) is 27.7 Å². The van der Waals surface area contributed by atoms with Crippen LogP contribution in [-0.4, -0.2) is 23.6 Å². The second kappa shape index (κ2) is 6.12. The van der Waals surface area contributed by atoms with E-state index in [9.17, 15) is 4.79 Å². The van der Waals surface area contributed by atoms with Crippen molar-refractivity contribution < 1.29 is 9.53 Å². The molecule has 0 spiro atoms. The molecule has 3 nitrogen and oxygen atoms in total. The maximum absolute atomic E-state index is 11.1. The summed E-state index contributed by atoms with van der Waals surface area (Å²) in [6, 6.07) is 0. The number of alkyl carbamates (subject to hydrolysis) is 1. The third-order valence-electron chi connectivity index (χ3n) is 1.45. The van der Waals surface area contributed by atoms with Crippen molar-refractivity contribution in [1.82, 2.24) is 5.32 Å². The molecule has 14 heavy (non-hydrogen) atoms. The van der Waals surface area contributed by atoms with E-state index in [0.29, 0.717) is 6.54 Å². The highest BCUT2D eigenvalue weighted by Crippen LogP contribution is 2.06. The molecule has 0 saturated carbocycles. The van der Waals surface area contributed by atoms with Gasteiger partial charge >= 0.3 is 6.09 Å². The van der Waals surface area contributed by atoms with Crippen LogP contribution in [0.15, 0.2) is 0 Å². The van der Waals surface area contributed by atoms with E-state index in [0.717, 1.165) is 12.8 Å². The molecule has 0 aromatic rings. The number of ether oxygens (including phenoxy) is 1. The van der Waals surface area contributed by atoms with Gasteiger partial charge in [0.1, 0.15) is 5.60 Å². The van der Waals surface area contributed by atoms with E-state index < -0.39 is 5.60 Å². The van der Waals surface area contributed by atoms with Crippen LogP contribution in [0.5, 0.6) is 0 Å². The minimum Gasteiger partial charge on any atom is -0.444 e. The van der Waals surface area contributed by atoms with Crippen LogP contribution in [0.3, 0.4) is 0 Å². The highest BCUT2D eigenvalue weighted by molar-refractivity contribution is 6.20. The lowest BCUT2D eigenvalue weighted by atomic mass is 10.2. The molecule has 1 amide bonds. The summed E-state index contributed by atoms with van der Waals surface area (Å²) >= 11 is 5.76. The van der Waals surface area contributed by atoms with Crippen LogP contribution in [0, 0.1) is 0 Å². The van der Waals surface area contributed by atoms with Gasteiger partial charge in [-0.25, -0.2) is 4.79 Å². The fourth-order valence-corrected chi connectivity index (χ4v) is 1.04. The molecule has 0 aliphatic carbocycles. The van der Waals surface area contributed by atoms with Crippen molar-refractivity contribution in [2.24, 2.45) is 0 Å². The molecular weight excluding hydrogens is 202 g/mol. The number of hydrogen-bond acceptors (Lipinski definition) is 2. The summed E-state index contributed by atoms with van der Waals surface area (Å²) in [7, 11) is 0. The summed E-state index contributed by atoms with van der Waals surface area (Å²) in [6.07, 6.45) is 1.42. The maximum Gasteiger partial charge on any atom is 0.407 e. The molecule has 0 aliphatic heterocycles. The molecule has 84 valence electrons. The van der Waals surface area contributed by atoms with E-state index in [2.05, 4.69) is 5.32 Å². The number of amides is 1. The Balaban J connectivity index is 3.46. The van der Waals surface area contributed by atoms with Gasteiger partial charge in [-0.05, 0) is 40.5 Å². The summed E-state index contributed by atoms with van der Waals surface area (Å²) < 4.78 is 5.06. The molecule has 1 atom stereocenters. The van der Waals surface area contributed by atoms with Crippen LogP contribution < -0.4 is 5.32 Å². The Morgan fingerprint density at radius 3 is 2.50 bits per heavy atom. The molecule has 0 bridgehead atoms. The molecule has 0 aromatic carbocycles. The maximum atomic E-state index is 11.1. The molecule has 1 unspecified atom stereocenters. The predicted molar refractivity (Wildman–Crippen MR) is 58.8 cm³/mol. The standard InChI is InChI=1S/C10H20ClNO2/c1-8(11)6-5-7-12-9(13)14-10(2,3)4/h8H,5-7H2,1-4H3,(H,12,13). The van der Waals surface area contributed by atoms with Crippen molar-refractivity contribution in [3.8, 4) is 0 Å². The first-order valence-corrected chi connectivity index (χ1v) is 5.36. The Morgan fingerprint density at radius 1 is 1.50 bits per heavy atom. The highest BCUT2D eigenvalue weighted by Gasteiger charge is 2.15. The average molecular weight is 222 g/mol. The van der Waals surface area contributed by atoms with Gasteiger partial charge in [-0.1, -0.05) is 0 Å². The lowest BCUT2D eigenvalue weighted by molar-refractivity contribution is 0.0527. The van der Waals surface area contributed by atoms with Crippen LogP contribution in [0.1, 0.15) is 40.5 Å². The van der Waals surface area contributed by atoms with Crippen molar-refractivity contribution in [3.05, 3.63) is 0 Å². The molecule has 0 aromatic heterocycles. The molecule has 0 rings (SSSR count). The first kappa shape index (κ1) is 13.6. The van der Waals surface area contributed by atoms with Crippen LogP contribution >= 0.6 is 11.6 Å². The van der Waals surface area contributed by atoms with E-state index in [1.165, 1.54) is 0 Å². The normalized spacial score (nSPS) is 13.5. The minimum atomic E-state index is -0.427. The van der Waals surface area contributed by atoms with E-state index in [-0.39, 0.29) is 11.5 Å². The summed E-state index contributed by atoms with van der Waals surface area (Å²) in [5.74, 6) is 0. The second-order valence-electron chi connectivity index (χ2n) is 4.35. The molecular formula is C10H20ClNO2. The smallest absolute Gasteiger partial charge is 0.407 e. The van der Waals surface area contributed by atoms with Gasteiger partial charge in [0, 0.05) is 11.9 Å². The zero-order chi connectivity index (χ0) is 11.2. The fraction of sp³-hybridized carbons (Fsp3) is 0.900. The van der Waals surface area contributed by atoms with Gasteiger partial charge in [0.05, 0.1) is 0 Å². The molecule has 0 radical (unpaired) electrons. The van der Waals surface area contributed by atoms with Gasteiger partial charge in [-0.2, -0.15) is 0 Å². The number of alkyl halides is 1. The van der Waals surface area contributed by atoms with Gasteiger partial charge in [0.15, 0.2) is 0 Å². The lowest BCUT2D eigenvalue weighted by Gasteiger charge is -2.19. The number of halogens is 1. The number of carbonyl (C=O) groups is 1. The van der Waals surface area contributed by atoms with Crippen molar-refractivity contribution in [1.29, 1.82) is 0 Å². The number of rotatable bonds is 4. The summed E-state index contributed by atoms with van der Waals surface area (Å²) in [4.78, 5) is 11.1. The van der Waals surface area contributed by atoms with Gasteiger partial charge in [-0.15, -0.1) is 11.6 Å². The summed E-state index contributed by atoms with van der Waals surface area (Å²) in [6.45, 7) is 8.08. The number of carbonyl (C=O) groups excluding carboxylic acids is 1. The van der Waals surface area contributed by atoms with Gasteiger partial charge in [-0.3, -0.25) is 0 Å². The first-order valence-electron chi connectivity index (χ1n) is 4.92. The summed E-state index contributed by atoms with van der Waals surface area (Å²) in [5, 5.41) is 2.84. The van der Waals surface area contributed by atoms with Crippen LogP contribution in [0.2, 0.25) is 0 Å². The Labute approximate surface area is 91.2 Å². The van der Waals surface area contributed by atoms with E-state index in [1.54, 1.807) is 0 Å². The van der Waals surface area contributed by atoms with Crippen LogP contribution in [0.4, 0.5) is 4.79 Å². The van der Waals surface area contributed by atoms with Crippen LogP contribution in [-0.2, 0) is 4.74 Å². The Bertz CT molecular complexity index is 175. The van der Waals surface area contributed by atoms with Crippen LogP contribution in [0.25, 0.3) is 0 Å². The van der Waals surface area contributed by atoms with Crippen molar-refractivity contribution in [3.63, 3.8) is 0 Å². The monoisotopic (exact) mass is 221 g/mol. The third-order valence-corrected chi connectivity index (χ3v) is 1.67. The van der Waals surface area contributed by atoms with Crippen molar-refractivity contribution in [2.75, 3.05) is 6.54 Å². The van der Waals surface area contributed by atoms with E-state index in [4.69, 9.17) is 16.3 Å². The third kappa shape index (κ3) is 9.65. The Hall–Kier alpha value is -0.440. The second-order valence-corrected chi connectivity index (χ2v) is 5.10. The molecule has 1 N–H and O–H groups in total. The van der Waals surface area contributed by atoms with Crippen molar-refractivity contribution >= 4 is 17.7 Å². The predicted octanol–water partition coefficient (Wildman–Crippen LogP) is 2.92. The summed E-state index contributed by atoms with van der Waals surface area (Å²) in [5.41, 5.74) is -0.427. The zero-order valence-electron chi connectivity index (χ0n) is 9.39.